The van der Waals surface area contributed by atoms with E-state index in [0.29, 0.717) is 31.6 Å². The first-order chi connectivity index (χ1) is 14.0. The zero-order valence-electron chi connectivity index (χ0n) is 16.9. The van der Waals surface area contributed by atoms with Crippen molar-refractivity contribution in [2.24, 2.45) is 5.92 Å². The second-order valence-electron chi connectivity index (χ2n) is 7.83. The van der Waals surface area contributed by atoms with Crippen LogP contribution in [0.3, 0.4) is 0 Å². The normalized spacial score (nSPS) is 19.3. The van der Waals surface area contributed by atoms with Crippen molar-refractivity contribution in [2.45, 2.75) is 51.6 Å². The smallest absolute Gasteiger partial charge is 0.309 e. The molecule has 3 rings (SSSR count). The number of likely N-dealkylation sites (tertiary alicyclic amines) is 1. The van der Waals surface area contributed by atoms with Crippen molar-refractivity contribution in [3.63, 3.8) is 0 Å². The Bertz CT molecular complexity index is 738. The number of hydrogen-bond acceptors (Lipinski definition) is 6. The largest absolute Gasteiger partial charge is 0.452 e. The lowest BCUT2D eigenvalue weighted by atomic mass is 9.96. The van der Waals surface area contributed by atoms with Crippen LogP contribution in [0.2, 0.25) is 0 Å². The molecule has 1 aromatic carbocycles. The summed E-state index contributed by atoms with van der Waals surface area (Å²) >= 11 is 0. The van der Waals surface area contributed by atoms with Gasteiger partial charge in [-0.15, -0.1) is 0 Å². The number of nitrogens with zero attached hydrogens (tertiary/aromatic N) is 3. The van der Waals surface area contributed by atoms with Crippen LogP contribution in [0.25, 0.3) is 0 Å². The summed E-state index contributed by atoms with van der Waals surface area (Å²) in [5.41, 5.74) is 0.652. The zero-order chi connectivity index (χ0) is 20.8. The molecule has 2 heterocycles. The summed E-state index contributed by atoms with van der Waals surface area (Å²) in [5, 5.41) is 11.2. The summed E-state index contributed by atoms with van der Waals surface area (Å²) in [6, 6.07) is 6.65. The second-order valence-corrected chi connectivity index (χ2v) is 7.83. The minimum Gasteiger partial charge on any atom is -0.452 e. The number of nitro groups is 1. The van der Waals surface area contributed by atoms with E-state index in [-0.39, 0.29) is 28.4 Å². The zero-order valence-corrected chi connectivity index (χ0v) is 16.9. The molecule has 2 aliphatic rings. The third-order valence-corrected chi connectivity index (χ3v) is 5.81. The molecule has 2 fully saturated rings. The predicted molar refractivity (Wildman–Crippen MR) is 109 cm³/mol. The molecule has 0 unspecified atom stereocenters. The number of nitro benzene ring substituents is 1. The number of hydrogen-bond donors (Lipinski definition) is 0. The number of anilines is 1. The summed E-state index contributed by atoms with van der Waals surface area (Å²) in [5.74, 6) is -0.742. The third kappa shape index (κ3) is 5.25. The lowest BCUT2D eigenvalue weighted by molar-refractivity contribution is -0.384. The van der Waals surface area contributed by atoms with Gasteiger partial charge in [0.2, 0.25) is 0 Å². The molecular formula is C21H29N3O5. The summed E-state index contributed by atoms with van der Waals surface area (Å²) in [6.45, 7) is 4.19. The van der Waals surface area contributed by atoms with Gasteiger partial charge < -0.3 is 14.5 Å². The molecule has 2 saturated heterocycles. The number of rotatable bonds is 5. The molecule has 0 radical (unpaired) electrons. The van der Waals surface area contributed by atoms with E-state index in [0.717, 1.165) is 38.8 Å². The van der Waals surface area contributed by atoms with Crippen LogP contribution in [0.5, 0.6) is 0 Å². The van der Waals surface area contributed by atoms with Crippen molar-refractivity contribution in [1.82, 2.24) is 4.90 Å². The lowest BCUT2D eigenvalue weighted by Gasteiger charge is -2.33. The van der Waals surface area contributed by atoms with Crippen molar-refractivity contribution in [3.05, 3.63) is 34.4 Å². The average molecular weight is 403 g/mol. The Labute approximate surface area is 171 Å². The molecule has 0 saturated carbocycles. The van der Waals surface area contributed by atoms with Gasteiger partial charge in [-0.05, 0) is 38.7 Å². The molecular weight excluding hydrogens is 374 g/mol. The van der Waals surface area contributed by atoms with Crippen LogP contribution in [0.15, 0.2) is 24.3 Å². The Hall–Kier alpha value is -2.64. The molecule has 8 heteroatoms. The van der Waals surface area contributed by atoms with Gasteiger partial charge in [0.1, 0.15) is 5.69 Å². The maximum Gasteiger partial charge on any atom is 0.309 e. The van der Waals surface area contributed by atoms with E-state index in [9.17, 15) is 19.7 Å². The maximum atomic E-state index is 12.6. The molecule has 8 nitrogen and oxygen atoms in total. The van der Waals surface area contributed by atoms with Crippen LogP contribution >= 0.6 is 0 Å². The Balaban J connectivity index is 1.52. The van der Waals surface area contributed by atoms with Gasteiger partial charge in [0.05, 0.1) is 10.8 Å². The van der Waals surface area contributed by atoms with Crippen LogP contribution in [0, 0.1) is 16.0 Å². The van der Waals surface area contributed by atoms with Gasteiger partial charge in [-0.1, -0.05) is 25.0 Å². The second kappa shape index (κ2) is 9.71. The summed E-state index contributed by atoms with van der Waals surface area (Å²) < 4.78 is 5.49. The van der Waals surface area contributed by atoms with E-state index < -0.39 is 6.10 Å². The Morgan fingerprint density at radius 1 is 1.07 bits per heavy atom. The van der Waals surface area contributed by atoms with Crippen molar-refractivity contribution < 1.29 is 19.2 Å². The number of ether oxygens (including phenoxy) is 1. The van der Waals surface area contributed by atoms with Crippen LogP contribution in [0.4, 0.5) is 11.4 Å². The summed E-state index contributed by atoms with van der Waals surface area (Å²) in [6.07, 6.45) is 4.60. The molecule has 1 atom stereocenters. The number of carbonyl (C=O) groups is 2. The molecule has 29 heavy (non-hydrogen) atoms. The van der Waals surface area contributed by atoms with Crippen molar-refractivity contribution in [1.29, 1.82) is 0 Å². The summed E-state index contributed by atoms with van der Waals surface area (Å²) in [4.78, 5) is 39.8. The first-order valence-corrected chi connectivity index (χ1v) is 10.4. The molecule has 0 aliphatic carbocycles. The summed E-state index contributed by atoms with van der Waals surface area (Å²) in [7, 11) is 0. The highest BCUT2D eigenvalue weighted by Gasteiger charge is 2.32. The van der Waals surface area contributed by atoms with E-state index in [4.69, 9.17) is 4.74 Å². The van der Waals surface area contributed by atoms with Gasteiger partial charge in [0, 0.05) is 32.2 Å². The molecule has 2 aliphatic heterocycles. The first kappa shape index (κ1) is 21.1. The van der Waals surface area contributed by atoms with Crippen LogP contribution in [-0.4, -0.2) is 54.0 Å². The van der Waals surface area contributed by atoms with E-state index >= 15 is 0 Å². The molecule has 0 spiro atoms. The fourth-order valence-corrected chi connectivity index (χ4v) is 4.11. The van der Waals surface area contributed by atoms with Crippen molar-refractivity contribution in [2.75, 3.05) is 31.1 Å². The highest BCUT2D eigenvalue weighted by molar-refractivity contribution is 5.84. The minimum atomic E-state index is -0.770. The van der Waals surface area contributed by atoms with Crippen molar-refractivity contribution in [3.8, 4) is 0 Å². The third-order valence-electron chi connectivity index (χ3n) is 5.81. The van der Waals surface area contributed by atoms with Crippen LogP contribution in [0.1, 0.15) is 45.4 Å². The minimum absolute atomic E-state index is 0.0743. The highest BCUT2D eigenvalue weighted by atomic mass is 16.6. The van der Waals surface area contributed by atoms with E-state index in [1.165, 1.54) is 6.07 Å². The van der Waals surface area contributed by atoms with E-state index in [2.05, 4.69) is 0 Å². The first-order valence-electron chi connectivity index (χ1n) is 10.4. The molecule has 1 amide bonds. The maximum absolute atomic E-state index is 12.6. The quantitative estimate of drug-likeness (QED) is 0.426. The molecule has 0 aromatic heterocycles. The monoisotopic (exact) mass is 403 g/mol. The Kier molecular flexibility index (Phi) is 7.06. The van der Waals surface area contributed by atoms with Gasteiger partial charge in [-0.3, -0.25) is 19.7 Å². The van der Waals surface area contributed by atoms with Gasteiger partial charge in [-0.2, -0.15) is 0 Å². The van der Waals surface area contributed by atoms with Crippen LogP contribution < -0.4 is 4.90 Å². The van der Waals surface area contributed by atoms with Crippen LogP contribution in [-0.2, 0) is 14.3 Å². The fraction of sp³-hybridized carbons (Fsp3) is 0.619. The number of esters is 1. The number of piperidine rings is 1. The molecule has 0 N–H and O–H groups in total. The highest BCUT2D eigenvalue weighted by Crippen LogP contribution is 2.31. The topological polar surface area (TPSA) is 93.0 Å². The SMILES string of the molecule is C[C@H](OC(=O)C1CCN(c2ccccc2[N+](=O)[O-])CC1)C(=O)N1CCCCCC1. The van der Waals surface area contributed by atoms with Gasteiger partial charge in [0.15, 0.2) is 6.10 Å². The number of carbonyl (C=O) groups excluding carboxylic acids is 2. The van der Waals surface area contributed by atoms with Gasteiger partial charge in [-0.25, -0.2) is 0 Å². The van der Waals surface area contributed by atoms with Gasteiger partial charge in [0.25, 0.3) is 11.6 Å². The molecule has 158 valence electrons. The van der Waals surface area contributed by atoms with Crippen molar-refractivity contribution >= 4 is 23.3 Å². The number of para-hydroxylation sites is 2. The van der Waals surface area contributed by atoms with Gasteiger partial charge >= 0.3 is 5.97 Å². The Morgan fingerprint density at radius 2 is 1.69 bits per heavy atom. The lowest BCUT2D eigenvalue weighted by Crippen LogP contribution is -2.42. The van der Waals surface area contributed by atoms with E-state index in [1.54, 1.807) is 25.1 Å². The predicted octanol–water partition coefficient (Wildman–Crippen LogP) is 3.15. The Morgan fingerprint density at radius 3 is 2.31 bits per heavy atom. The van der Waals surface area contributed by atoms with E-state index in [1.807, 2.05) is 9.80 Å². The molecule has 1 aromatic rings. The molecule has 0 bridgehead atoms. The standard InChI is InChI=1S/C21H29N3O5/c1-16(20(25)23-12-6-2-3-7-13-23)29-21(26)17-10-14-22(15-11-17)18-8-4-5-9-19(18)24(27)28/h4-5,8-9,16-17H,2-3,6-7,10-15H2,1H3/t16-/m0/s1. The average Bonchev–Trinajstić information content (AvgIpc) is 3.02. The fourth-order valence-electron chi connectivity index (χ4n) is 4.11. The number of amides is 1. The number of benzene rings is 1.